The molecule has 0 N–H and O–H groups in total. The van der Waals surface area contributed by atoms with Crippen LogP contribution in [-0.4, -0.2) is 30.3 Å². The first-order chi connectivity index (χ1) is 8.29. The number of rotatable bonds is 6. The van der Waals surface area contributed by atoms with Crippen LogP contribution in [0.15, 0.2) is 9.68 Å². The van der Waals surface area contributed by atoms with Crippen LogP contribution in [0.5, 0.6) is 0 Å². The first-order valence-corrected chi connectivity index (χ1v) is 6.44. The number of hydrogen-bond acceptors (Lipinski definition) is 7. The Labute approximate surface area is 103 Å². The van der Waals surface area contributed by atoms with Crippen LogP contribution in [-0.2, 0) is 19.2 Å². The first-order valence-electron chi connectivity index (χ1n) is 5.46. The highest BCUT2D eigenvalue weighted by molar-refractivity contribution is 7.98. The van der Waals surface area contributed by atoms with Gasteiger partial charge in [0.1, 0.15) is 0 Å². The molecule has 0 aliphatic heterocycles. The highest BCUT2D eigenvalue weighted by atomic mass is 32.2. The third-order valence-electron chi connectivity index (χ3n) is 2.17. The summed E-state index contributed by atoms with van der Waals surface area (Å²) in [4.78, 5) is 4.30. The summed E-state index contributed by atoms with van der Waals surface area (Å²) < 4.78 is 6.75. The molecule has 7 nitrogen and oxygen atoms in total. The van der Waals surface area contributed by atoms with Crippen LogP contribution in [0.1, 0.15) is 31.5 Å². The summed E-state index contributed by atoms with van der Waals surface area (Å²) in [5.41, 5.74) is 0. The van der Waals surface area contributed by atoms with Gasteiger partial charge < -0.3 is 4.52 Å². The number of aryl methyl sites for hydroxylation is 2. The molecular weight excluding hydrogens is 240 g/mol. The van der Waals surface area contributed by atoms with Crippen molar-refractivity contribution in [1.29, 1.82) is 0 Å². The quantitative estimate of drug-likeness (QED) is 0.717. The van der Waals surface area contributed by atoms with Crippen LogP contribution >= 0.6 is 11.8 Å². The van der Waals surface area contributed by atoms with E-state index in [-0.39, 0.29) is 0 Å². The van der Waals surface area contributed by atoms with Crippen molar-refractivity contribution < 1.29 is 4.52 Å². The van der Waals surface area contributed by atoms with Gasteiger partial charge in [-0.1, -0.05) is 30.3 Å². The van der Waals surface area contributed by atoms with Gasteiger partial charge in [-0.3, -0.25) is 0 Å². The Balaban J connectivity index is 1.87. The standard InChI is InChI=1S/C9H14N6OS/c1-3-4-5-8-10-7(12-16-8)6-17-9-11-13-14-15(9)2/h3-6H2,1-2H3. The maximum absolute atomic E-state index is 5.13. The zero-order valence-corrected chi connectivity index (χ0v) is 10.6. The van der Waals surface area contributed by atoms with Crippen molar-refractivity contribution in [2.75, 3.05) is 0 Å². The molecule has 8 heteroatoms. The van der Waals surface area contributed by atoms with Crippen LogP contribution < -0.4 is 0 Å². The van der Waals surface area contributed by atoms with Crippen LogP contribution in [0, 0.1) is 0 Å². The van der Waals surface area contributed by atoms with Crippen molar-refractivity contribution >= 4 is 11.8 Å². The zero-order valence-electron chi connectivity index (χ0n) is 9.83. The number of unbranched alkanes of at least 4 members (excludes halogenated alkanes) is 1. The highest BCUT2D eigenvalue weighted by Gasteiger charge is 2.09. The van der Waals surface area contributed by atoms with E-state index in [4.69, 9.17) is 4.52 Å². The van der Waals surface area contributed by atoms with E-state index in [1.165, 1.54) is 11.8 Å². The van der Waals surface area contributed by atoms with Gasteiger partial charge in [0.15, 0.2) is 5.82 Å². The Morgan fingerprint density at radius 1 is 1.41 bits per heavy atom. The largest absolute Gasteiger partial charge is 0.339 e. The Morgan fingerprint density at radius 3 is 3.00 bits per heavy atom. The number of thioether (sulfide) groups is 1. The molecule has 0 aliphatic carbocycles. The molecule has 2 aromatic heterocycles. The topological polar surface area (TPSA) is 82.5 Å². The molecule has 0 unspecified atom stereocenters. The van der Waals surface area contributed by atoms with E-state index in [9.17, 15) is 0 Å². The first kappa shape index (κ1) is 12.0. The minimum absolute atomic E-state index is 0.615. The smallest absolute Gasteiger partial charge is 0.226 e. The van der Waals surface area contributed by atoms with Gasteiger partial charge in [-0.15, -0.1) is 5.10 Å². The SMILES string of the molecule is CCCCc1nc(CSc2nnnn2C)no1. The maximum atomic E-state index is 5.13. The molecule has 0 radical (unpaired) electrons. The van der Waals surface area contributed by atoms with Gasteiger partial charge in [-0.05, 0) is 16.8 Å². The summed E-state index contributed by atoms with van der Waals surface area (Å²) >= 11 is 1.49. The molecule has 0 bridgehead atoms. The summed E-state index contributed by atoms with van der Waals surface area (Å²) in [5.74, 6) is 2.01. The second-order valence-corrected chi connectivity index (χ2v) is 4.52. The lowest BCUT2D eigenvalue weighted by atomic mass is 10.2. The molecule has 17 heavy (non-hydrogen) atoms. The van der Waals surface area contributed by atoms with Crippen molar-refractivity contribution in [3.05, 3.63) is 11.7 Å². The van der Waals surface area contributed by atoms with Gasteiger partial charge in [-0.25, -0.2) is 4.68 Å². The van der Waals surface area contributed by atoms with E-state index in [1.54, 1.807) is 11.7 Å². The fourth-order valence-corrected chi connectivity index (χ4v) is 1.94. The van der Waals surface area contributed by atoms with E-state index in [1.807, 2.05) is 0 Å². The Kier molecular flexibility index (Phi) is 4.08. The minimum atomic E-state index is 0.615. The summed E-state index contributed by atoms with van der Waals surface area (Å²) in [7, 11) is 1.80. The normalized spacial score (nSPS) is 10.9. The Morgan fingerprint density at radius 2 is 2.29 bits per heavy atom. The predicted octanol–water partition coefficient (Wildman–Crippen LogP) is 1.23. The van der Waals surface area contributed by atoms with E-state index < -0.39 is 0 Å². The van der Waals surface area contributed by atoms with E-state index in [0.29, 0.717) is 17.5 Å². The third kappa shape index (κ3) is 3.26. The molecule has 0 spiro atoms. The molecule has 0 amide bonds. The summed E-state index contributed by atoms with van der Waals surface area (Å²) in [6.07, 6.45) is 3.04. The van der Waals surface area contributed by atoms with Gasteiger partial charge >= 0.3 is 0 Å². The van der Waals surface area contributed by atoms with Crippen molar-refractivity contribution in [1.82, 2.24) is 30.3 Å². The lowest BCUT2D eigenvalue weighted by Gasteiger charge is -1.93. The van der Waals surface area contributed by atoms with Gasteiger partial charge in [0.2, 0.25) is 11.0 Å². The molecule has 2 aromatic rings. The van der Waals surface area contributed by atoms with Crippen molar-refractivity contribution in [3.8, 4) is 0 Å². The molecule has 0 atom stereocenters. The molecule has 2 heterocycles. The average molecular weight is 254 g/mol. The third-order valence-corrected chi connectivity index (χ3v) is 3.17. The second kappa shape index (κ2) is 5.76. The molecule has 0 saturated heterocycles. The predicted molar refractivity (Wildman–Crippen MR) is 61.3 cm³/mol. The van der Waals surface area contributed by atoms with Gasteiger partial charge in [0, 0.05) is 13.5 Å². The van der Waals surface area contributed by atoms with E-state index in [0.717, 1.165) is 24.4 Å². The minimum Gasteiger partial charge on any atom is -0.339 e. The highest BCUT2D eigenvalue weighted by Crippen LogP contribution is 2.17. The fraction of sp³-hybridized carbons (Fsp3) is 0.667. The molecular formula is C9H14N6OS. The molecule has 0 saturated carbocycles. The number of tetrazole rings is 1. The van der Waals surface area contributed by atoms with E-state index in [2.05, 4.69) is 32.6 Å². The lowest BCUT2D eigenvalue weighted by molar-refractivity contribution is 0.371. The van der Waals surface area contributed by atoms with Crippen molar-refractivity contribution in [3.63, 3.8) is 0 Å². The Hall–Kier alpha value is -1.44. The van der Waals surface area contributed by atoms with Crippen LogP contribution in [0.4, 0.5) is 0 Å². The fourth-order valence-electron chi connectivity index (χ4n) is 1.25. The van der Waals surface area contributed by atoms with Crippen LogP contribution in [0.25, 0.3) is 0 Å². The zero-order chi connectivity index (χ0) is 12.1. The van der Waals surface area contributed by atoms with Crippen molar-refractivity contribution in [2.45, 2.75) is 37.1 Å². The number of hydrogen-bond donors (Lipinski definition) is 0. The summed E-state index contributed by atoms with van der Waals surface area (Å²) in [6, 6.07) is 0. The lowest BCUT2D eigenvalue weighted by Crippen LogP contribution is -1.94. The second-order valence-electron chi connectivity index (χ2n) is 3.58. The van der Waals surface area contributed by atoms with Crippen LogP contribution in [0.2, 0.25) is 0 Å². The van der Waals surface area contributed by atoms with Gasteiger partial charge in [0.25, 0.3) is 0 Å². The van der Waals surface area contributed by atoms with Crippen LogP contribution in [0.3, 0.4) is 0 Å². The molecule has 0 fully saturated rings. The Bertz CT molecular complexity index is 468. The molecule has 92 valence electrons. The maximum Gasteiger partial charge on any atom is 0.226 e. The van der Waals surface area contributed by atoms with Crippen molar-refractivity contribution in [2.24, 2.45) is 7.05 Å². The number of aromatic nitrogens is 6. The molecule has 0 aliphatic rings. The summed E-state index contributed by atoms with van der Waals surface area (Å²) in [5, 5.41) is 15.8. The van der Waals surface area contributed by atoms with E-state index >= 15 is 0 Å². The number of nitrogens with zero attached hydrogens (tertiary/aromatic N) is 6. The van der Waals surface area contributed by atoms with Gasteiger partial charge in [-0.2, -0.15) is 4.98 Å². The molecule has 0 aromatic carbocycles. The summed E-state index contributed by atoms with van der Waals surface area (Å²) in [6.45, 7) is 2.13. The monoisotopic (exact) mass is 254 g/mol. The molecule has 2 rings (SSSR count). The average Bonchev–Trinajstić information content (AvgIpc) is 2.93. The van der Waals surface area contributed by atoms with Gasteiger partial charge in [0.05, 0.1) is 5.75 Å².